The minimum atomic E-state index is 0.633. The number of aromatic amines is 1. The monoisotopic (exact) mass is 270 g/mol. The van der Waals surface area contributed by atoms with Crippen molar-refractivity contribution >= 4 is 12.2 Å². The number of imidazole rings is 1. The van der Waals surface area contributed by atoms with E-state index >= 15 is 0 Å². The molecule has 2 nitrogen and oxygen atoms in total. The van der Waals surface area contributed by atoms with Crippen LogP contribution in [0.3, 0.4) is 0 Å². The summed E-state index contributed by atoms with van der Waals surface area (Å²) in [6.45, 7) is 0. The van der Waals surface area contributed by atoms with Crippen LogP contribution < -0.4 is 0 Å². The fourth-order valence-corrected chi connectivity index (χ4v) is 3.47. The van der Waals surface area contributed by atoms with Crippen LogP contribution in [0.2, 0.25) is 0 Å². The maximum absolute atomic E-state index is 5.55. The second-order valence-electron chi connectivity index (χ2n) is 5.88. The van der Waals surface area contributed by atoms with Crippen molar-refractivity contribution < 1.29 is 0 Å². The molecule has 19 heavy (non-hydrogen) atoms. The summed E-state index contributed by atoms with van der Waals surface area (Å²) < 4.78 is 3.29. The first-order valence-corrected chi connectivity index (χ1v) is 7.61. The van der Waals surface area contributed by atoms with Crippen LogP contribution in [0, 0.1) is 16.6 Å². The van der Waals surface area contributed by atoms with Crippen molar-refractivity contribution in [2.24, 2.45) is 11.8 Å². The van der Waals surface area contributed by atoms with Crippen molar-refractivity contribution in [1.82, 2.24) is 9.55 Å². The van der Waals surface area contributed by atoms with Crippen molar-refractivity contribution in [3.05, 3.63) is 41.3 Å². The standard InChI is InChI=1S/C16H18N2S/c19-16-17-10-14(11-4-2-1-3-5-11)18(16)15(12-6-7-12)13-8-9-13/h1-5,10,12-13,15H,6-9H2,(H,17,19). The number of nitrogens with one attached hydrogen (secondary N) is 1. The van der Waals surface area contributed by atoms with Gasteiger partial charge in [0.25, 0.3) is 0 Å². The van der Waals surface area contributed by atoms with Crippen molar-refractivity contribution in [2.75, 3.05) is 0 Å². The first-order valence-electron chi connectivity index (χ1n) is 7.20. The van der Waals surface area contributed by atoms with Gasteiger partial charge in [0.15, 0.2) is 4.77 Å². The van der Waals surface area contributed by atoms with Gasteiger partial charge in [-0.05, 0) is 55.3 Å². The van der Waals surface area contributed by atoms with Gasteiger partial charge in [-0.25, -0.2) is 0 Å². The quantitative estimate of drug-likeness (QED) is 0.807. The van der Waals surface area contributed by atoms with Gasteiger partial charge in [-0.1, -0.05) is 30.3 Å². The average Bonchev–Trinajstić information content (AvgIpc) is 3.33. The topological polar surface area (TPSA) is 20.7 Å². The molecule has 1 aromatic carbocycles. The molecule has 1 aromatic heterocycles. The molecule has 0 amide bonds. The van der Waals surface area contributed by atoms with Crippen LogP contribution in [-0.2, 0) is 0 Å². The Balaban J connectivity index is 1.82. The smallest absolute Gasteiger partial charge is 0.177 e. The third-order valence-electron chi connectivity index (χ3n) is 4.39. The normalized spacial score (nSPS) is 19.0. The Hall–Kier alpha value is -1.35. The Labute approximate surface area is 118 Å². The summed E-state index contributed by atoms with van der Waals surface area (Å²) in [4.78, 5) is 3.26. The predicted molar refractivity (Wildman–Crippen MR) is 79.5 cm³/mol. The molecule has 0 saturated heterocycles. The minimum absolute atomic E-state index is 0.633. The molecule has 2 aliphatic carbocycles. The highest BCUT2D eigenvalue weighted by molar-refractivity contribution is 7.71. The predicted octanol–water partition coefficient (Wildman–Crippen LogP) is 4.57. The van der Waals surface area contributed by atoms with E-state index in [1.54, 1.807) is 0 Å². The lowest BCUT2D eigenvalue weighted by Crippen LogP contribution is -2.14. The van der Waals surface area contributed by atoms with E-state index in [4.69, 9.17) is 12.2 Å². The summed E-state index contributed by atoms with van der Waals surface area (Å²) in [6, 6.07) is 11.2. The molecule has 0 unspecified atom stereocenters. The second-order valence-corrected chi connectivity index (χ2v) is 6.27. The second kappa shape index (κ2) is 4.34. The number of rotatable bonds is 4. The van der Waals surface area contributed by atoms with Gasteiger partial charge in [0.1, 0.15) is 0 Å². The van der Waals surface area contributed by atoms with E-state index < -0.39 is 0 Å². The van der Waals surface area contributed by atoms with Crippen LogP contribution in [0.1, 0.15) is 31.7 Å². The van der Waals surface area contributed by atoms with Gasteiger partial charge in [0, 0.05) is 12.2 Å². The molecular formula is C16H18N2S. The van der Waals surface area contributed by atoms with Crippen LogP contribution in [0.5, 0.6) is 0 Å². The van der Waals surface area contributed by atoms with Crippen molar-refractivity contribution in [3.63, 3.8) is 0 Å². The molecule has 2 aromatic rings. The highest BCUT2D eigenvalue weighted by Gasteiger charge is 2.43. The first kappa shape index (κ1) is 11.5. The molecule has 2 saturated carbocycles. The highest BCUT2D eigenvalue weighted by atomic mass is 32.1. The van der Waals surface area contributed by atoms with E-state index in [1.807, 2.05) is 0 Å². The molecule has 98 valence electrons. The van der Waals surface area contributed by atoms with Crippen LogP contribution in [0.4, 0.5) is 0 Å². The third kappa shape index (κ3) is 2.06. The van der Waals surface area contributed by atoms with E-state index in [2.05, 4.69) is 46.1 Å². The van der Waals surface area contributed by atoms with Gasteiger partial charge >= 0.3 is 0 Å². The Bertz CT molecular complexity index is 620. The fraction of sp³-hybridized carbons (Fsp3) is 0.438. The van der Waals surface area contributed by atoms with E-state index in [0.29, 0.717) is 6.04 Å². The number of H-pyrrole nitrogens is 1. The number of hydrogen-bond donors (Lipinski definition) is 1. The lowest BCUT2D eigenvalue weighted by atomic mass is 10.1. The summed E-state index contributed by atoms with van der Waals surface area (Å²) >= 11 is 5.55. The molecule has 3 heteroatoms. The zero-order valence-corrected chi connectivity index (χ0v) is 11.7. The Kier molecular flexibility index (Phi) is 2.62. The minimum Gasteiger partial charge on any atom is -0.337 e. The van der Waals surface area contributed by atoms with E-state index in [9.17, 15) is 0 Å². The summed E-state index contributed by atoms with van der Waals surface area (Å²) in [6.07, 6.45) is 7.59. The highest BCUT2D eigenvalue weighted by Crippen LogP contribution is 2.53. The third-order valence-corrected chi connectivity index (χ3v) is 4.70. The van der Waals surface area contributed by atoms with Crippen LogP contribution in [0.25, 0.3) is 11.3 Å². The van der Waals surface area contributed by atoms with Crippen molar-refractivity contribution in [2.45, 2.75) is 31.7 Å². The average molecular weight is 270 g/mol. The van der Waals surface area contributed by atoms with Crippen molar-refractivity contribution in [3.8, 4) is 11.3 Å². The summed E-state index contributed by atoms with van der Waals surface area (Å²) in [5, 5.41) is 0. The number of nitrogens with zero attached hydrogens (tertiary/aromatic N) is 1. The Morgan fingerprint density at radius 1 is 1.05 bits per heavy atom. The molecule has 4 rings (SSSR count). The van der Waals surface area contributed by atoms with Crippen LogP contribution >= 0.6 is 12.2 Å². The molecule has 1 heterocycles. The Morgan fingerprint density at radius 2 is 1.68 bits per heavy atom. The van der Waals surface area contributed by atoms with Crippen LogP contribution in [-0.4, -0.2) is 9.55 Å². The van der Waals surface area contributed by atoms with Gasteiger partial charge < -0.3 is 9.55 Å². The maximum Gasteiger partial charge on any atom is 0.177 e. The first-order chi connectivity index (χ1) is 9.34. The summed E-state index contributed by atoms with van der Waals surface area (Å²) in [5.74, 6) is 1.72. The lowest BCUT2D eigenvalue weighted by molar-refractivity contribution is 0.394. The van der Waals surface area contributed by atoms with Gasteiger partial charge in [0.05, 0.1) is 5.69 Å². The molecule has 0 bridgehead atoms. The Morgan fingerprint density at radius 3 is 2.26 bits per heavy atom. The van der Waals surface area contributed by atoms with E-state index in [-0.39, 0.29) is 0 Å². The zero-order chi connectivity index (χ0) is 12.8. The van der Waals surface area contributed by atoms with E-state index in [0.717, 1.165) is 16.6 Å². The number of benzene rings is 1. The maximum atomic E-state index is 5.55. The van der Waals surface area contributed by atoms with Gasteiger partial charge in [0.2, 0.25) is 0 Å². The molecule has 0 radical (unpaired) electrons. The van der Waals surface area contributed by atoms with Crippen LogP contribution in [0.15, 0.2) is 36.5 Å². The molecule has 1 N–H and O–H groups in total. The SMILES string of the molecule is S=c1[nH]cc(-c2ccccc2)n1C(C1CC1)C1CC1. The molecule has 0 aliphatic heterocycles. The van der Waals surface area contributed by atoms with Gasteiger partial charge in [-0.15, -0.1) is 0 Å². The molecular weight excluding hydrogens is 252 g/mol. The zero-order valence-electron chi connectivity index (χ0n) is 10.9. The van der Waals surface area contributed by atoms with Gasteiger partial charge in [-0.2, -0.15) is 0 Å². The largest absolute Gasteiger partial charge is 0.337 e. The van der Waals surface area contributed by atoms with E-state index in [1.165, 1.54) is 36.9 Å². The number of aromatic nitrogens is 2. The van der Waals surface area contributed by atoms with Crippen molar-refractivity contribution in [1.29, 1.82) is 0 Å². The number of hydrogen-bond acceptors (Lipinski definition) is 1. The molecule has 0 spiro atoms. The summed E-state index contributed by atoms with van der Waals surface area (Å²) in [5.41, 5.74) is 2.52. The summed E-state index contributed by atoms with van der Waals surface area (Å²) in [7, 11) is 0. The molecule has 2 fully saturated rings. The lowest BCUT2D eigenvalue weighted by Gasteiger charge is -2.20. The molecule has 0 atom stereocenters. The fourth-order valence-electron chi connectivity index (χ4n) is 3.19. The molecule has 2 aliphatic rings. The van der Waals surface area contributed by atoms with Gasteiger partial charge in [-0.3, -0.25) is 0 Å².